The highest BCUT2D eigenvalue weighted by Gasteiger charge is 2.13. The maximum atomic E-state index is 3.69. The second-order valence-corrected chi connectivity index (χ2v) is 6.77. The van der Waals surface area contributed by atoms with Crippen LogP contribution in [0.25, 0.3) is 10.1 Å². The summed E-state index contributed by atoms with van der Waals surface area (Å²) in [6, 6.07) is 9.49. The van der Waals surface area contributed by atoms with Gasteiger partial charge in [-0.25, -0.2) is 0 Å². The summed E-state index contributed by atoms with van der Waals surface area (Å²) in [4.78, 5) is 0. The first-order valence-electron chi connectivity index (χ1n) is 8.56. The van der Waals surface area contributed by atoms with Crippen molar-refractivity contribution in [1.82, 2.24) is 5.32 Å². The minimum Gasteiger partial charge on any atom is -0.310 e. The largest absolute Gasteiger partial charge is 0.310 e. The standard InChI is InChI=1S/C19H29NS/c1-3-5-6-7-8-9-13-18(20-4-2)17-12-10-11-16-14-15-21-19(16)17/h10-12,14-15,18,20H,3-9,13H2,1-2H3. The first-order valence-corrected chi connectivity index (χ1v) is 9.44. The van der Waals surface area contributed by atoms with Crippen LogP contribution in [0.4, 0.5) is 0 Å². The predicted octanol–water partition coefficient (Wildman–Crippen LogP) is 6.30. The van der Waals surface area contributed by atoms with Crippen molar-refractivity contribution in [2.45, 2.75) is 64.8 Å². The zero-order valence-electron chi connectivity index (χ0n) is 13.5. The lowest BCUT2D eigenvalue weighted by molar-refractivity contribution is 0.479. The first kappa shape index (κ1) is 16.5. The molecule has 2 rings (SSSR count). The van der Waals surface area contributed by atoms with Gasteiger partial charge < -0.3 is 5.32 Å². The third-order valence-corrected chi connectivity index (χ3v) is 5.16. The molecular weight excluding hydrogens is 274 g/mol. The predicted molar refractivity (Wildman–Crippen MR) is 96.2 cm³/mol. The summed E-state index contributed by atoms with van der Waals surface area (Å²) in [7, 11) is 0. The van der Waals surface area contributed by atoms with Crippen molar-refractivity contribution in [1.29, 1.82) is 0 Å². The molecule has 1 N–H and O–H groups in total. The zero-order chi connectivity index (χ0) is 14.9. The summed E-state index contributed by atoms with van der Waals surface area (Å²) in [5.41, 5.74) is 1.50. The van der Waals surface area contributed by atoms with E-state index in [1.807, 2.05) is 11.3 Å². The molecule has 1 nitrogen and oxygen atoms in total. The molecule has 2 heteroatoms. The molecule has 0 amide bonds. The Labute approximate surface area is 133 Å². The summed E-state index contributed by atoms with van der Waals surface area (Å²) in [6.45, 7) is 5.54. The Morgan fingerprint density at radius 2 is 1.81 bits per heavy atom. The fraction of sp³-hybridized carbons (Fsp3) is 0.579. The third kappa shape index (κ3) is 4.82. The lowest BCUT2D eigenvalue weighted by Crippen LogP contribution is -2.20. The van der Waals surface area contributed by atoms with Crippen molar-refractivity contribution in [2.75, 3.05) is 6.54 Å². The summed E-state index contributed by atoms with van der Waals surface area (Å²) in [5.74, 6) is 0. The molecule has 0 saturated carbocycles. The molecule has 1 unspecified atom stereocenters. The van der Waals surface area contributed by atoms with Crippen LogP contribution < -0.4 is 5.32 Å². The van der Waals surface area contributed by atoms with Gasteiger partial charge in [-0.3, -0.25) is 0 Å². The van der Waals surface area contributed by atoms with Crippen LogP contribution >= 0.6 is 11.3 Å². The number of hydrogen-bond donors (Lipinski definition) is 1. The number of nitrogens with one attached hydrogen (secondary N) is 1. The van der Waals surface area contributed by atoms with Crippen LogP contribution in [0.2, 0.25) is 0 Å². The van der Waals surface area contributed by atoms with E-state index in [0.29, 0.717) is 6.04 Å². The summed E-state index contributed by atoms with van der Waals surface area (Å²) in [6.07, 6.45) is 9.51. The third-order valence-electron chi connectivity index (χ3n) is 4.18. The Bertz CT molecular complexity index is 517. The number of thiophene rings is 1. The highest BCUT2D eigenvalue weighted by Crippen LogP contribution is 2.31. The van der Waals surface area contributed by atoms with E-state index in [2.05, 4.69) is 48.8 Å². The summed E-state index contributed by atoms with van der Waals surface area (Å²) >= 11 is 1.88. The van der Waals surface area contributed by atoms with Crippen LogP contribution in [0.3, 0.4) is 0 Å². The number of hydrogen-bond acceptors (Lipinski definition) is 2. The molecule has 1 aromatic heterocycles. The van der Waals surface area contributed by atoms with Gasteiger partial charge in [0.1, 0.15) is 0 Å². The van der Waals surface area contributed by atoms with Crippen molar-refractivity contribution in [2.24, 2.45) is 0 Å². The van der Waals surface area contributed by atoms with Crippen LogP contribution in [0.5, 0.6) is 0 Å². The van der Waals surface area contributed by atoms with E-state index in [0.717, 1.165) is 6.54 Å². The van der Waals surface area contributed by atoms with Gasteiger partial charge in [-0.15, -0.1) is 11.3 Å². The molecule has 116 valence electrons. The van der Waals surface area contributed by atoms with Gasteiger partial charge in [0.05, 0.1) is 0 Å². The molecule has 2 aromatic rings. The van der Waals surface area contributed by atoms with E-state index in [9.17, 15) is 0 Å². The highest BCUT2D eigenvalue weighted by molar-refractivity contribution is 7.17. The molecule has 0 aliphatic rings. The molecule has 0 saturated heterocycles. The molecule has 0 aliphatic heterocycles. The summed E-state index contributed by atoms with van der Waals surface area (Å²) in [5, 5.41) is 7.29. The van der Waals surface area contributed by atoms with Gasteiger partial charge in [0.15, 0.2) is 0 Å². The van der Waals surface area contributed by atoms with Crippen LogP contribution in [-0.4, -0.2) is 6.54 Å². The van der Waals surface area contributed by atoms with Crippen molar-refractivity contribution in [3.8, 4) is 0 Å². The van der Waals surface area contributed by atoms with Crippen LogP contribution in [0.1, 0.15) is 70.4 Å². The molecule has 0 radical (unpaired) electrons. The van der Waals surface area contributed by atoms with Crippen molar-refractivity contribution in [3.63, 3.8) is 0 Å². The topological polar surface area (TPSA) is 12.0 Å². The zero-order valence-corrected chi connectivity index (χ0v) is 14.3. The van der Waals surface area contributed by atoms with E-state index < -0.39 is 0 Å². The van der Waals surface area contributed by atoms with Crippen LogP contribution in [0, 0.1) is 0 Å². The molecular formula is C19H29NS. The molecule has 0 fully saturated rings. The van der Waals surface area contributed by atoms with Gasteiger partial charge in [-0.05, 0) is 35.4 Å². The second kappa shape index (κ2) is 9.22. The van der Waals surface area contributed by atoms with Crippen molar-refractivity contribution in [3.05, 3.63) is 35.2 Å². The van der Waals surface area contributed by atoms with E-state index in [1.165, 1.54) is 60.6 Å². The molecule has 0 aliphatic carbocycles. The minimum absolute atomic E-state index is 0.517. The van der Waals surface area contributed by atoms with E-state index in [1.54, 1.807) is 0 Å². The second-order valence-electron chi connectivity index (χ2n) is 5.85. The fourth-order valence-electron chi connectivity index (χ4n) is 3.03. The molecule has 1 atom stereocenters. The van der Waals surface area contributed by atoms with Crippen molar-refractivity contribution < 1.29 is 0 Å². The number of benzene rings is 1. The molecule has 21 heavy (non-hydrogen) atoms. The molecule has 0 bridgehead atoms. The SMILES string of the molecule is CCCCCCCCC(NCC)c1cccc2ccsc12. The Morgan fingerprint density at radius 1 is 1.00 bits per heavy atom. The minimum atomic E-state index is 0.517. The summed E-state index contributed by atoms with van der Waals surface area (Å²) < 4.78 is 1.47. The molecule has 1 heterocycles. The van der Waals surface area contributed by atoms with Gasteiger partial charge >= 0.3 is 0 Å². The smallest absolute Gasteiger partial charge is 0.0390 e. The quantitative estimate of drug-likeness (QED) is 0.508. The van der Waals surface area contributed by atoms with Crippen LogP contribution in [0.15, 0.2) is 29.6 Å². The lowest BCUT2D eigenvalue weighted by atomic mass is 9.98. The normalized spacial score (nSPS) is 12.9. The Morgan fingerprint density at radius 3 is 2.62 bits per heavy atom. The average Bonchev–Trinajstić information content (AvgIpc) is 2.98. The maximum Gasteiger partial charge on any atom is 0.0390 e. The number of unbranched alkanes of at least 4 members (excludes halogenated alkanes) is 5. The van der Waals surface area contributed by atoms with E-state index in [-0.39, 0.29) is 0 Å². The number of fused-ring (bicyclic) bond motifs is 1. The van der Waals surface area contributed by atoms with Gasteiger partial charge in [0, 0.05) is 10.7 Å². The Hall–Kier alpha value is -0.860. The van der Waals surface area contributed by atoms with E-state index in [4.69, 9.17) is 0 Å². The fourth-order valence-corrected chi connectivity index (χ4v) is 4.00. The highest BCUT2D eigenvalue weighted by atomic mass is 32.1. The number of rotatable bonds is 10. The Kier molecular flexibility index (Phi) is 7.25. The van der Waals surface area contributed by atoms with Crippen LogP contribution in [-0.2, 0) is 0 Å². The van der Waals surface area contributed by atoms with Gasteiger partial charge in [0.2, 0.25) is 0 Å². The molecule has 0 spiro atoms. The molecule has 1 aromatic carbocycles. The lowest BCUT2D eigenvalue weighted by Gasteiger charge is -2.19. The monoisotopic (exact) mass is 303 g/mol. The van der Waals surface area contributed by atoms with Gasteiger partial charge in [0.25, 0.3) is 0 Å². The van der Waals surface area contributed by atoms with E-state index >= 15 is 0 Å². The maximum absolute atomic E-state index is 3.69. The van der Waals surface area contributed by atoms with Gasteiger partial charge in [-0.2, -0.15) is 0 Å². The average molecular weight is 304 g/mol. The first-order chi connectivity index (χ1) is 10.4. The van der Waals surface area contributed by atoms with Crippen molar-refractivity contribution >= 4 is 21.4 Å². The van der Waals surface area contributed by atoms with Gasteiger partial charge in [-0.1, -0.05) is 70.6 Å². The Balaban J connectivity index is 1.93.